The third kappa shape index (κ3) is 3.78. The Kier molecular flexibility index (Phi) is 5.03. The largest absolute Gasteiger partial charge is 0.469 e. The van der Waals surface area contributed by atoms with E-state index in [1.807, 2.05) is 0 Å². The van der Waals surface area contributed by atoms with Crippen molar-refractivity contribution in [2.45, 2.75) is 19.4 Å². The van der Waals surface area contributed by atoms with Crippen molar-refractivity contribution in [2.75, 3.05) is 13.7 Å². The van der Waals surface area contributed by atoms with Crippen LogP contribution in [0.5, 0.6) is 0 Å². The van der Waals surface area contributed by atoms with Crippen LogP contribution in [-0.4, -0.2) is 19.6 Å². The van der Waals surface area contributed by atoms with E-state index in [9.17, 15) is 13.6 Å². The van der Waals surface area contributed by atoms with Gasteiger partial charge in [0.05, 0.1) is 13.5 Å². The molecule has 1 rings (SSSR count). The Bertz CT molecular complexity index is 396. The molecule has 0 bridgehead atoms. The molecule has 1 aromatic rings. The zero-order valence-electron chi connectivity index (χ0n) is 9.80. The number of hydrogen-bond donors (Lipinski definition) is 1. The second kappa shape index (κ2) is 6.30. The normalized spacial score (nSPS) is 12.2. The lowest BCUT2D eigenvalue weighted by Crippen LogP contribution is -2.23. The number of methoxy groups -OCH3 is 1. The van der Waals surface area contributed by atoms with E-state index >= 15 is 0 Å². The number of benzene rings is 1. The van der Waals surface area contributed by atoms with Crippen LogP contribution in [0.1, 0.15) is 24.9 Å². The van der Waals surface area contributed by atoms with E-state index in [4.69, 9.17) is 0 Å². The maximum atomic E-state index is 13.4. The molecule has 0 amide bonds. The predicted octanol–water partition coefficient (Wildman–Crippen LogP) is 2.18. The minimum Gasteiger partial charge on any atom is -0.469 e. The third-order valence-electron chi connectivity index (χ3n) is 2.46. The first-order chi connectivity index (χ1) is 8.06. The van der Waals surface area contributed by atoms with Gasteiger partial charge in [0, 0.05) is 18.2 Å². The summed E-state index contributed by atoms with van der Waals surface area (Å²) in [5.41, 5.74) is 0.245. The molecule has 0 aliphatic carbocycles. The minimum absolute atomic E-state index is 0.192. The van der Waals surface area contributed by atoms with Crippen molar-refractivity contribution >= 4 is 5.97 Å². The number of nitrogens with one attached hydrogen (secondary N) is 1. The maximum absolute atomic E-state index is 13.4. The summed E-state index contributed by atoms with van der Waals surface area (Å²) in [7, 11) is 1.30. The Morgan fingerprint density at radius 2 is 2.18 bits per heavy atom. The van der Waals surface area contributed by atoms with E-state index in [1.165, 1.54) is 19.2 Å². The van der Waals surface area contributed by atoms with Crippen molar-refractivity contribution in [1.82, 2.24) is 5.32 Å². The lowest BCUT2D eigenvalue weighted by Gasteiger charge is -2.14. The van der Waals surface area contributed by atoms with Crippen LogP contribution in [-0.2, 0) is 9.53 Å². The standard InChI is InChI=1S/C12H15F2NO2/c1-8(15-7-6-11(16)17-2)9-4-3-5-10(13)12(9)14/h3-5,8,15H,6-7H2,1-2H3. The number of hydrogen-bond acceptors (Lipinski definition) is 3. The van der Waals surface area contributed by atoms with Crippen molar-refractivity contribution in [3.63, 3.8) is 0 Å². The Balaban J connectivity index is 2.55. The van der Waals surface area contributed by atoms with Gasteiger partial charge in [0.2, 0.25) is 0 Å². The number of carbonyl (C=O) groups is 1. The van der Waals surface area contributed by atoms with Gasteiger partial charge in [-0.1, -0.05) is 12.1 Å². The van der Waals surface area contributed by atoms with E-state index < -0.39 is 11.6 Å². The molecule has 17 heavy (non-hydrogen) atoms. The molecule has 1 N–H and O–H groups in total. The van der Waals surface area contributed by atoms with Crippen molar-refractivity contribution in [2.24, 2.45) is 0 Å². The SMILES string of the molecule is COC(=O)CCNC(C)c1cccc(F)c1F. The molecule has 0 spiro atoms. The molecule has 0 aliphatic heterocycles. The highest BCUT2D eigenvalue weighted by Gasteiger charge is 2.13. The molecular formula is C12H15F2NO2. The summed E-state index contributed by atoms with van der Waals surface area (Å²) in [6, 6.07) is 3.66. The molecule has 1 unspecified atom stereocenters. The number of halogens is 2. The van der Waals surface area contributed by atoms with Gasteiger partial charge in [-0.3, -0.25) is 4.79 Å². The van der Waals surface area contributed by atoms with E-state index in [-0.39, 0.29) is 24.0 Å². The molecule has 94 valence electrons. The lowest BCUT2D eigenvalue weighted by atomic mass is 10.1. The second-order valence-corrected chi connectivity index (χ2v) is 3.64. The van der Waals surface area contributed by atoms with Crippen LogP contribution in [0.2, 0.25) is 0 Å². The fraction of sp³-hybridized carbons (Fsp3) is 0.417. The highest BCUT2D eigenvalue weighted by molar-refractivity contribution is 5.69. The van der Waals surface area contributed by atoms with Gasteiger partial charge in [-0.15, -0.1) is 0 Å². The molecular weight excluding hydrogens is 228 g/mol. The second-order valence-electron chi connectivity index (χ2n) is 3.64. The highest BCUT2D eigenvalue weighted by atomic mass is 19.2. The molecule has 1 atom stereocenters. The number of carbonyl (C=O) groups excluding carboxylic acids is 1. The molecule has 0 radical (unpaired) electrons. The zero-order valence-corrected chi connectivity index (χ0v) is 9.80. The van der Waals surface area contributed by atoms with Gasteiger partial charge in [-0.25, -0.2) is 8.78 Å². The topological polar surface area (TPSA) is 38.3 Å². The summed E-state index contributed by atoms with van der Waals surface area (Å²) in [6.07, 6.45) is 0.192. The number of esters is 1. The van der Waals surface area contributed by atoms with Gasteiger partial charge in [0.15, 0.2) is 11.6 Å². The Morgan fingerprint density at radius 3 is 2.82 bits per heavy atom. The molecule has 0 fully saturated rings. The van der Waals surface area contributed by atoms with Crippen LogP contribution < -0.4 is 5.32 Å². The minimum atomic E-state index is -0.871. The van der Waals surface area contributed by atoms with Crippen LogP contribution in [0.3, 0.4) is 0 Å². The summed E-state index contributed by atoms with van der Waals surface area (Å²) >= 11 is 0. The van der Waals surface area contributed by atoms with Crippen LogP contribution in [0, 0.1) is 11.6 Å². The van der Waals surface area contributed by atoms with Crippen LogP contribution in [0.25, 0.3) is 0 Å². The summed E-state index contributed by atoms with van der Waals surface area (Å²) in [5, 5.41) is 2.92. The molecule has 5 heteroatoms. The molecule has 0 heterocycles. The molecule has 0 saturated carbocycles. The lowest BCUT2D eigenvalue weighted by molar-refractivity contribution is -0.140. The van der Waals surface area contributed by atoms with Gasteiger partial charge in [-0.2, -0.15) is 0 Å². The Labute approximate surface area is 98.8 Å². The maximum Gasteiger partial charge on any atom is 0.306 e. The van der Waals surface area contributed by atoms with Crippen LogP contribution >= 0.6 is 0 Å². The zero-order chi connectivity index (χ0) is 12.8. The average molecular weight is 243 g/mol. The predicted molar refractivity (Wildman–Crippen MR) is 59.4 cm³/mol. The van der Waals surface area contributed by atoms with E-state index in [2.05, 4.69) is 10.1 Å². The fourth-order valence-electron chi connectivity index (χ4n) is 1.46. The highest BCUT2D eigenvalue weighted by Crippen LogP contribution is 2.18. The third-order valence-corrected chi connectivity index (χ3v) is 2.46. The summed E-state index contributed by atoms with van der Waals surface area (Å²) in [6.45, 7) is 2.05. The first kappa shape index (κ1) is 13.6. The molecule has 3 nitrogen and oxygen atoms in total. The van der Waals surface area contributed by atoms with Crippen molar-refractivity contribution < 1.29 is 18.3 Å². The van der Waals surface area contributed by atoms with Crippen LogP contribution in [0.4, 0.5) is 8.78 Å². The van der Waals surface area contributed by atoms with E-state index in [0.29, 0.717) is 6.54 Å². The quantitative estimate of drug-likeness (QED) is 0.805. The Morgan fingerprint density at radius 1 is 1.47 bits per heavy atom. The first-order valence-corrected chi connectivity index (χ1v) is 5.30. The van der Waals surface area contributed by atoms with Gasteiger partial charge < -0.3 is 10.1 Å². The molecule has 1 aromatic carbocycles. The van der Waals surface area contributed by atoms with Gasteiger partial charge >= 0.3 is 5.97 Å². The summed E-state index contributed by atoms with van der Waals surface area (Å²) < 4.78 is 30.8. The van der Waals surface area contributed by atoms with E-state index in [1.54, 1.807) is 6.92 Å². The van der Waals surface area contributed by atoms with Crippen molar-refractivity contribution in [3.8, 4) is 0 Å². The smallest absolute Gasteiger partial charge is 0.306 e. The monoisotopic (exact) mass is 243 g/mol. The fourth-order valence-corrected chi connectivity index (χ4v) is 1.46. The molecule has 0 aromatic heterocycles. The number of rotatable bonds is 5. The van der Waals surface area contributed by atoms with Crippen molar-refractivity contribution in [1.29, 1.82) is 0 Å². The number of ether oxygens (including phenoxy) is 1. The van der Waals surface area contributed by atoms with Gasteiger partial charge in [-0.05, 0) is 13.0 Å². The van der Waals surface area contributed by atoms with Gasteiger partial charge in [0.1, 0.15) is 0 Å². The van der Waals surface area contributed by atoms with E-state index in [0.717, 1.165) is 6.07 Å². The summed E-state index contributed by atoms with van der Waals surface area (Å²) in [4.78, 5) is 10.9. The average Bonchev–Trinajstić information content (AvgIpc) is 2.32. The molecule has 0 aliphatic rings. The molecule has 0 saturated heterocycles. The summed E-state index contributed by atoms with van der Waals surface area (Å²) in [5.74, 6) is -2.07. The van der Waals surface area contributed by atoms with Crippen molar-refractivity contribution in [3.05, 3.63) is 35.4 Å². The van der Waals surface area contributed by atoms with Crippen LogP contribution in [0.15, 0.2) is 18.2 Å². The first-order valence-electron chi connectivity index (χ1n) is 5.30. The van der Waals surface area contributed by atoms with Gasteiger partial charge in [0.25, 0.3) is 0 Å². The Hall–Kier alpha value is -1.49.